The van der Waals surface area contributed by atoms with Crippen LogP contribution in [-0.2, 0) is 16.1 Å². The topological polar surface area (TPSA) is 120 Å². The van der Waals surface area contributed by atoms with Gasteiger partial charge in [0.2, 0.25) is 0 Å². The zero-order valence-corrected chi connectivity index (χ0v) is 12.9. The van der Waals surface area contributed by atoms with Gasteiger partial charge in [0.1, 0.15) is 13.2 Å². The predicted molar refractivity (Wildman–Crippen MR) is 80.7 cm³/mol. The van der Waals surface area contributed by atoms with E-state index in [4.69, 9.17) is 19.1 Å². The zero-order chi connectivity index (χ0) is 17.4. The molecule has 0 aliphatic rings. The van der Waals surface area contributed by atoms with Crippen molar-refractivity contribution in [1.29, 1.82) is 0 Å². The minimum absolute atomic E-state index is 0.0439. The van der Waals surface area contributed by atoms with Crippen LogP contribution >= 0.6 is 0 Å². The van der Waals surface area contributed by atoms with Gasteiger partial charge >= 0.3 is 12.1 Å². The second-order valence-electron chi connectivity index (χ2n) is 4.44. The van der Waals surface area contributed by atoms with Crippen LogP contribution in [0.15, 0.2) is 34.9 Å². The van der Waals surface area contributed by atoms with Gasteiger partial charge in [-0.05, 0) is 10.7 Å². The van der Waals surface area contributed by atoms with E-state index < -0.39 is 12.1 Å². The van der Waals surface area contributed by atoms with Crippen LogP contribution in [0.3, 0.4) is 0 Å². The average molecular weight is 336 g/mol. The standard InChI is InChI=1S/C15H16N2O7/c1-21-14(19)11-12(24-17-13(11)22-8-7-18)16-15(20)23-9-10-5-3-2-4-6-10/h2-6,18H,7-9H2,1H3,(H,16,20). The van der Waals surface area contributed by atoms with E-state index in [1.54, 1.807) is 12.1 Å². The lowest BCUT2D eigenvalue weighted by atomic mass is 10.2. The van der Waals surface area contributed by atoms with Crippen LogP contribution < -0.4 is 10.1 Å². The number of hydrogen-bond donors (Lipinski definition) is 2. The van der Waals surface area contributed by atoms with E-state index in [2.05, 4.69) is 15.2 Å². The number of aromatic nitrogens is 1. The number of carbonyl (C=O) groups is 2. The van der Waals surface area contributed by atoms with Gasteiger partial charge in [-0.3, -0.25) is 5.32 Å². The van der Waals surface area contributed by atoms with E-state index >= 15 is 0 Å². The first-order valence-electron chi connectivity index (χ1n) is 6.95. The first kappa shape index (κ1) is 17.3. The number of anilines is 1. The number of aliphatic hydroxyl groups is 1. The summed E-state index contributed by atoms with van der Waals surface area (Å²) in [5, 5.41) is 14.5. The Morgan fingerprint density at radius 2 is 2.04 bits per heavy atom. The first-order chi connectivity index (χ1) is 11.7. The monoisotopic (exact) mass is 336 g/mol. The summed E-state index contributed by atoms with van der Waals surface area (Å²) < 4.78 is 19.5. The molecule has 1 aromatic carbocycles. The van der Waals surface area contributed by atoms with E-state index in [1.165, 1.54) is 0 Å². The molecule has 128 valence electrons. The fraction of sp³-hybridized carbons (Fsp3) is 0.267. The minimum Gasteiger partial charge on any atom is -0.472 e. The Morgan fingerprint density at radius 3 is 2.71 bits per heavy atom. The third-order valence-corrected chi connectivity index (χ3v) is 2.81. The molecule has 0 atom stereocenters. The Labute approximate surface area is 137 Å². The summed E-state index contributed by atoms with van der Waals surface area (Å²) in [6.45, 7) is -0.341. The van der Waals surface area contributed by atoms with Gasteiger partial charge in [0.25, 0.3) is 11.8 Å². The summed E-state index contributed by atoms with van der Waals surface area (Å²) in [5.74, 6) is -1.29. The van der Waals surface area contributed by atoms with Crippen LogP contribution in [0.1, 0.15) is 15.9 Å². The van der Waals surface area contributed by atoms with Gasteiger partial charge in [0, 0.05) is 0 Å². The summed E-state index contributed by atoms with van der Waals surface area (Å²) >= 11 is 0. The molecular formula is C15H16N2O7. The number of carbonyl (C=O) groups excluding carboxylic acids is 2. The lowest BCUT2D eigenvalue weighted by molar-refractivity contribution is 0.0595. The molecule has 0 aliphatic carbocycles. The van der Waals surface area contributed by atoms with Crippen LogP contribution in [0.25, 0.3) is 0 Å². The second-order valence-corrected chi connectivity index (χ2v) is 4.44. The Kier molecular flexibility index (Phi) is 6.15. The lowest BCUT2D eigenvalue weighted by Crippen LogP contribution is -2.16. The molecule has 0 radical (unpaired) electrons. The number of hydrogen-bond acceptors (Lipinski definition) is 8. The van der Waals surface area contributed by atoms with Crippen molar-refractivity contribution in [1.82, 2.24) is 5.16 Å². The molecular weight excluding hydrogens is 320 g/mol. The molecule has 2 rings (SSSR count). The summed E-state index contributed by atoms with van der Waals surface area (Å²) in [4.78, 5) is 23.6. The maximum absolute atomic E-state index is 11.8. The van der Waals surface area contributed by atoms with E-state index in [0.717, 1.165) is 12.7 Å². The van der Waals surface area contributed by atoms with Crippen LogP contribution in [0.4, 0.5) is 10.7 Å². The fourth-order valence-corrected chi connectivity index (χ4v) is 1.74. The third-order valence-electron chi connectivity index (χ3n) is 2.81. The van der Waals surface area contributed by atoms with Crippen LogP contribution in [0.5, 0.6) is 5.88 Å². The number of amides is 1. The second kappa shape index (κ2) is 8.53. The van der Waals surface area contributed by atoms with E-state index in [-0.39, 0.29) is 37.1 Å². The summed E-state index contributed by atoms with van der Waals surface area (Å²) in [7, 11) is 1.16. The summed E-state index contributed by atoms with van der Waals surface area (Å²) in [6.07, 6.45) is -0.839. The van der Waals surface area contributed by atoms with Gasteiger partial charge < -0.3 is 23.8 Å². The highest BCUT2D eigenvalue weighted by Gasteiger charge is 2.27. The van der Waals surface area contributed by atoms with E-state index in [0.29, 0.717) is 0 Å². The number of nitrogens with one attached hydrogen (secondary N) is 1. The van der Waals surface area contributed by atoms with Crippen molar-refractivity contribution in [3.8, 4) is 5.88 Å². The van der Waals surface area contributed by atoms with Crippen molar-refractivity contribution in [2.24, 2.45) is 0 Å². The number of aliphatic hydroxyl groups excluding tert-OH is 1. The Balaban J connectivity index is 2.03. The lowest BCUT2D eigenvalue weighted by Gasteiger charge is -2.06. The molecule has 0 bridgehead atoms. The van der Waals surface area contributed by atoms with Crippen LogP contribution in [-0.4, -0.2) is 42.6 Å². The number of esters is 1. The van der Waals surface area contributed by atoms with E-state index in [9.17, 15) is 9.59 Å². The number of nitrogens with zero attached hydrogens (tertiary/aromatic N) is 1. The Bertz CT molecular complexity index is 684. The van der Waals surface area contributed by atoms with Crippen molar-refractivity contribution in [2.75, 3.05) is 25.6 Å². The maximum Gasteiger partial charge on any atom is 0.414 e. The summed E-state index contributed by atoms with van der Waals surface area (Å²) in [6, 6.07) is 9.06. The molecule has 0 saturated heterocycles. The number of benzene rings is 1. The molecule has 2 aromatic rings. The molecule has 0 fully saturated rings. The van der Waals surface area contributed by atoms with Gasteiger partial charge in [-0.25, -0.2) is 9.59 Å². The molecule has 9 nitrogen and oxygen atoms in total. The highest BCUT2D eigenvalue weighted by atomic mass is 16.6. The molecule has 0 aliphatic heterocycles. The zero-order valence-electron chi connectivity index (χ0n) is 12.9. The maximum atomic E-state index is 11.8. The number of ether oxygens (including phenoxy) is 3. The molecule has 1 amide bonds. The van der Waals surface area contributed by atoms with Crippen molar-refractivity contribution >= 4 is 17.9 Å². The Hall–Kier alpha value is -3.07. The molecule has 1 heterocycles. The molecule has 0 spiro atoms. The van der Waals surface area contributed by atoms with Gasteiger partial charge in [0.15, 0.2) is 5.56 Å². The first-order valence-corrected chi connectivity index (χ1v) is 6.95. The van der Waals surface area contributed by atoms with Crippen molar-refractivity contribution in [3.05, 3.63) is 41.5 Å². The quantitative estimate of drug-likeness (QED) is 0.731. The highest BCUT2D eigenvalue weighted by Crippen LogP contribution is 2.27. The highest BCUT2D eigenvalue weighted by molar-refractivity contribution is 5.99. The van der Waals surface area contributed by atoms with Crippen LogP contribution in [0, 0.1) is 0 Å². The smallest absolute Gasteiger partial charge is 0.414 e. The van der Waals surface area contributed by atoms with Crippen molar-refractivity contribution in [2.45, 2.75) is 6.61 Å². The average Bonchev–Trinajstić information content (AvgIpc) is 3.00. The van der Waals surface area contributed by atoms with Gasteiger partial charge in [-0.15, -0.1) is 0 Å². The SMILES string of the molecule is COC(=O)c1c(OCCO)noc1NC(=O)OCc1ccccc1. The normalized spacial score (nSPS) is 10.1. The molecule has 24 heavy (non-hydrogen) atoms. The van der Waals surface area contributed by atoms with Gasteiger partial charge in [-0.1, -0.05) is 30.3 Å². The molecule has 1 aromatic heterocycles. The predicted octanol–water partition coefficient (Wildman–Crippen LogP) is 1.58. The van der Waals surface area contributed by atoms with Crippen molar-refractivity contribution < 1.29 is 33.4 Å². The largest absolute Gasteiger partial charge is 0.472 e. The molecule has 9 heteroatoms. The van der Waals surface area contributed by atoms with E-state index in [1.807, 2.05) is 18.2 Å². The van der Waals surface area contributed by atoms with Crippen molar-refractivity contribution in [3.63, 3.8) is 0 Å². The Morgan fingerprint density at radius 1 is 1.29 bits per heavy atom. The fourth-order valence-electron chi connectivity index (χ4n) is 1.74. The molecule has 2 N–H and O–H groups in total. The van der Waals surface area contributed by atoms with Crippen LogP contribution in [0.2, 0.25) is 0 Å². The number of rotatable bonds is 7. The molecule has 0 unspecified atom stereocenters. The number of methoxy groups -OCH3 is 1. The van der Waals surface area contributed by atoms with Gasteiger partial charge in [-0.2, -0.15) is 0 Å². The summed E-state index contributed by atoms with van der Waals surface area (Å²) in [5.41, 5.74) is 0.591. The minimum atomic E-state index is -0.839. The van der Waals surface area contributed by atoms with Gasteiger partial charge in [0.05, 0.1) is 13.7 Å². The third kappa shape index (κ3) is 4.46. The molecule has 0 saturated carbocycles.